The van der Waals surface area contributed by atoms with E-state index < -0.39 is 18.0 Å². The number of hydrogen-bond donors (Lipinski definition) is 2. The molecule has 6 nitrogen and oxygen atoms in total. The molecule has 25 heavy (non-hydrogen) atoms. The Kier molecular flexibility index (Phi) is 5.52. The summed E-state index contributed by atoms with van der Waals surface area (Å²) < 4.78 is 30.0. The number of nitrogens with one attached hydrogen (secondary N) is 1. The number of anilines is 1. The number of hydrogen-bond acceptors (Lipinski definition) is 6. The molecular weight excluding hydrogens is 438 g/mol. The molecule has 134 valence electrons. The lowest BCUT2D eigenvalue weighted by atomic mass is 10.1. The number of halogens is 4. The Bertz CT molecular complexity index is 885. The molecule has 0 saturated carbocycles. The third-order valence-electron chi connectivity index (χ3n) is 3.65. The van der Waals surface area contributed by atoms with Gasteiger partial charge in [-0.3, -0.25) is 0 Å². The van der Waals surface area contributed by atoms with E-state index in [2.05, 4.69) is 36.3 Å². The van der Waals surface area contributed by atoms with Crippen LogP contribution in [0, 0.1) is 5.82 Å². The third kappa shape index (κ3) is 3.76. The van der Waals surface area contributed by atoms with Crippen LogP contribution in [0.5, 0.6) is 0 Å². The van der Waals surface area contributed by atoms with Gasteiger partial charge in [0.15, 0.2) is 11.6 Å². The first kappa shape index (κ1) is 18.4. The van der Waals surface area contributed by atoms with Gasteiger partial charge in [-0.25, -0.2) is 18.3 Å². The summed E-state index contributed by atoms with van der Waals surface area (Å²) >= 11 is 10.7. The Morgan fingerprint density at radius 1 is 1.52 bits per heavy atom. The van der Waals surface area contributed by atoms with Gasteiger partial charge in [-0.05, 0) is 40.9 Å². The summed E-state index contributed by atoms with van der Waals surface area (Å²) in [7, 11) is 0. The molecule has 0 spiro atoms. The molecule has 0 bridgehead atoms. The van der Waals surface area contributed by atoms with Crippen molar-refractivity contribution < 1.29 is 8.78 Å². The molecule has 0 radical (unpaired) electrons. The van der Waals surface area contributed by atoms with Crippen LogP contribution in [0.2, 0.25) is 5.28 Å². The topological polar surface area (TPSA) is 81.1 Å². The summed E-state index contributed by atoms with van der Waals surface area (Å²) in [6, 6.07) is -0.835. The van der Waals surface area contributed by atoms with Gasteiger partial charge in [0.2, 0.25) is 5.28 Å². The van der Waals surface area contributed by atoms with Gasteiger partial charge in [0, 0.05) is 23.2 Å². The molecule has 3 aromatic heterocycles. The van der Waals surface area contributed by atoms with Crippen molar-refractivity contribution in [2.24, 2.45) is 5.73 Å². The predicted molar refractivity (Wildman–Crippen MR) is 97.3 cm³/mol. The van der Waals surface area contributed by atoms with Crippen LogP contribution in [-0.4, -0.2) is 31.8 Å². The van der Waals surface area contributed by atoms with Crippen molar-refractivity contribution in [3.63, 3.8) is 0 Å². The Morgan fingerprint density at radius 3 is 2.92 bits per heavy atom. The molecule has 0 aliphatic carbocycles. The van der Waals surface area contributed by atoms with Crippen molar-refractivity contribution in [2.45, 2.75) is 32.1 Å². The molecule has 0 unspecified atom stereocenters. The maximum absolute atomic E-state index is 15.0. The predicted octanol–water partition coefficient (Wildman–Crippen LogP) is 3.58. The molecule has 2 atom stereocenters. The second kappa shape index (κ2) is 7.48. The van der Waals surface area contributed by atoms with Crippen LogP contribution in [-0.2, 0) is 13.0 Å². The average Bonchev–Trinajstić information content (AvgIpc) is 3.15. The minimum absolute atomic E-state index is 0.0109. The molecule has 3 aromatic rings. The normalized spacial score (nSPS) is 14.0. The largest absolute Gasteiger partial charge is 0.362 e. The fourth-order valence-electron chi connectivity index (χ4n) is 2.30. The fourth-order valence-corrected chi connectivity index (χ4v) is 3.60. The highest BCUT2D eigenvalue weighted by Crippen LogP contribution is 2.32. The van der Waals surface area contributed by atoms with Crippen molar-refractivity contribution in [3.8, 4) is 0 Å². The second-order valence-electron chi connectivity index (χ2n) is 5.40. The minimum atomic E-state index is -1.27. The summed E-state index contributed by atoms with van der Waals surface area (Å²) in [5.74, 6) is -0.345. The molecule has 0 aliphatic rings. The molecule has 0 aliphatic heterocycles. The number of thiazole rings is 1. The number of alkyl halides is 1. The first-order valence-electron chi connectivity index (χ1n) is 7.32. The van der Waals surface area contributed by atoms with Gasteiger partial charge < -0.3 is 11.1 Å². The van der Waals surface area contributed by atoms with E-state index in [1.807, 2.05) is 5.38 Å². The van der Waals surface area contributed by atoms with Crippen LogP contribution in [0.25, 0.3) is 5.52 Å². The summed E-state index contributed by atoms with van der Waals surface area (Å²) in [6.07, 6.45) is 0.416. The molecule has 0 aromatic carbocycles. The minimum Gasteiger partial charge on any atom is -0.362 e. The molecule has 3 N–H and O–H groups in total. The van der Waals surface area contributed by atoms with Gasteiger partial charge in [-0.15, -0.1) is 16.4 Å². The number of aromatic nitrogens is 4. The third-order valence-corrected chi connectivity index (χ3v) is 5.41. The zero-order valence-corrected chi connectivity index (χ0v) is 16.2. The van der Waals surface area contributed by atoms with E-state index in [9.17, 15) is 8.78 Å². The molecule has 3 rings (SSSR count). The fraction of sp³-hybridized carbons (Fsp3) is 0.357. The highest BCUT2D eigenvalue weighted by Gasteiger charge is 2.25. The van der Waals surface area contributed by atoms with Gasteiger partial charge in [0.25, 0.3) is 0 Å². The molecule has 3 heterocycles. The van der Waals surface area contributed by atoms with Crippen molar-refractivity contribution >= 4 is 50.2 Å². The van der Waals surface area contributed by atoms with Crippen LogP contribution in [0.1, 0.15) is 17.5 Å². The molecule has 0 amide bonds. The summed E-state index contributed by atoms with van der Waals surface area (Å²) in [6.45, 7) is 1.70. The zero-order valence-electron chi connectivity index (χ0n) is 13.0. The SMILES string of the molecule is C[C@H](F)[C@H](N)Cc1c(F)c2c(NCc3nccs3)nc(Cl)nn2c1Br. The van der Waals surface area contributed by atoms with Crippen molar-refractivity contribution in [3.05, 3.63) is 37.9 Å². The molecule has 0 saturated heterocycles. The van der Waals surface area contributed by atoms with E-state index in [-0.39, 0.29) is 28.6 Å². The van der Waals surface area contributed by atoms with E-state index in [1.165, 1.54) is 22.8 Å². The van der Waals surface area contributed by atoms with Crippen molar-refractivity contribution in [2.75, 3.05) is 5.32 Å². The second-order valence-corrected chi connectivity index (χ2v) is 7.47. The monoisotopic (exact) mass is 450 g/mol. The highest BCUT2D eigenvalue weighted by atomic mass is 79.9. The lowest BCUT2D eigenvalue weighted by Crippen LogP contribution is -2.32. The zero-order chi connectivity index (χ0) is 18.1. The highest BCUT2D eigenvalue weighted by molar-refractivity contribution is 9.10. The lowest BCUT2D eigenvalue weighted by Gasteiger charge is -2.11. The van der Waals surface area contributed by atoms with Crippen molar-refractivity contribution in [1.29, 1.82) is 0 Å². The lowest BCUT2D eigenvalue weighted by molar-refractivity contribution is 0.302. The van der Waals surface area contributed by atoms with E-state index in [0.29, 0.717) is 11.1 Å². The molecular formula is C14H14BrClF2N6S. The van der Waals surface area contributed by atoms with Crippen LogP contribution in [0.3, 0.4) is 0 Å². The first-order chi connectivity index (χ1) is 11.9. The smallest absolute Gasteiger partial charge is 0.243 e. The van der Waals surface area contributed by atoms with E-state index in [0.717, 1.165) is 5.01 Å². The maximum Gasteiger partial charge on any atom is 0.243 e. The van der Waals surface area contributed by atoms with Crippen LogP contribution in [0.15, 0.2) is 16.2 Å². The number of nitrogens with two attached hydrogens (primary N) is 1. The number of nitrogens with zero attached hydrogens (tertiary/aromatic N) is 4. The van der Waals surface area contributed by atoms with E-state index >= 15 is 0 Å². The summed E-state index contributed by atoms with van der Waals surface area (Å²) in [4.78, 5) is 8.21. The number of fused-ring (bicyclic) bond motifs is 1. The Labute approximate surface area is 159 Å². The summed E-state index contributed by atoms with van der Waals surface area (Å²) in [5, 5.41) is 9.62. The van der Waals surface area contributed by atoms with Gasteiger partial charge in [-0.1, -0.05) is 0 Å². The standard InChI is InChI=1S/C14H14BrClF2N6S/c1-6(17)8(19)4-7-10(18)11-13(21-5-9-20-2-3-25-9)22-14(16)23-24(11)12(7)15/h2-3,6,8H,4-5,19H2,1H3,(H,21,22,23)/t6-,8+/m0/s1. The van der Waals surface area contributed by atoms with Crippen LogP contribution in [0.4, 0.5) is 14.6 Å². The van der Waals surface area contributed by atoms with Gasteiger partial charge in [0.1, 0.15) is 21.3 Å². The average molecular weight is 452 g/mol. The summed E-state index contributed by atoms with van der Waals surface area (Å²) in [5.41, 5.74) is 6.08. The van der Waals surface area contributed by atoms with E-state index in [4.69, 9.17) is 17.3 Å². The molecule has 11 heteroatoms. The Hall–Kier alpha value is -1.36. The Morgan fingerprint density at radius 2 is 2.28 bits per heavy atom. The maximum atomic E-state index is 15.0. The van der Waals surface area contributed by atoms with Gasteiger partial charge in [0.05, 0.1) is 6.54 Å². The van der Waals surface area contributed by atoms with E-state index in [1.54, 1.807) is 6.20 Å². The van der Waals surface area contributed by atoms with Crippen LogP contribution >= 0.6 is 38.9 Å². The van der Waals surface area contributed by atoms with Crippen LogP contribution < -0.4 is 11.1 Å². The van der Waals surface area contributed by atoms with Gasteiger partial charge >= 0.3 is 0 Å². The first-order valence-corrected chi connectivity index (χ1v) is 9.37. The van der Waals surface area contributed by atoms with Crippen molar-refractivity contribution in [1.82, 2.24) is 19.6 Å². The molecule has 0 fully saturated rings. The Balaban J connectivity index is 2.02. The van der Waals surface area contributed by atoms with Gasteiger partial charge in [-0.2, -0.15) is 4.98 Å². The quantitative estimate of drug-likeness (QED) is 0.599. The number of rotatable bonds is 6.